The number of aromatic nitrogens is 3. The van der Waals surface area contributed by atoms with E-state index in [9.17, 15) is 9.18 Å². The van der Waals surface area contributed by atoms with Gasteiger partial charge in [-0.25, -0.2) is 9.07 Å². The van der Waals surface area contributed by atoms with Gasteiger partial charge in [0, 0.05) is 11.6 Å². The molecule has 0 aliphatic carbocycles. The summed E-state index contributed by atoms with van der Waals surface area (Å²) >= 11 is 5.77. The summed E-state index contributed by atoms with van der Waals surface area (Å²) < 4.78 is 15.1. The molecule has 0 saturated heterocycles. The topological polar surface area (TPSA) is 47.8 Å². The molecule has 1 aromatic heterocycles. The number of ketones is 1. The molecule has 0 N–H and O–H groups in total. The lowest BCUT2D eigenvalue weighted by Gasteiger charge is -2.05. The molecule has 0 saturated carbocycles. The van der Waals surface area contributed by atoms with Crippen molar-refractivity contribution in [1.29, 1.82) is 0 Å². The van der Waals surface area contributed by atoms with Crippen molar-refractivity contribution >= 4 is 17.4 Å². The summed E-state index contributed by atoms with van der Waals surface area (Å²) in [5.74, 6) is -1.07. The molecule has 0 amide bonds. The molecule has 1 aromatic carbocycles. The van der Waals surface area contributed by atoms with Gasteiger partial charge in [0.15, 0.2) is 0 Å². The van der Waals surface area contributed by atoms with Gasteiger partial charge < -0.3 is 0 Å². The van der Waals surface area contributed by atoms with Crippen molar-refractivity contribution < 1.29 is 9.18 Å². The second-order valence-electron chi connectivity index (χ2n) is 3.80. The number of carbonyl (C=O) groups excluding carboxylic acids is 1. The van der Waals surface area contributed by atoms with Gasteiger partial charge in [-0.3, -0.25) is 4.79 Å². The minimum absolute atomic E-state index is 0.0675. The van der Waals surface area contributed by atoms with Crippen molar-refractivity contribution in [2.45, 2.75) is 19.9 Å². The predicted octanol–water partition coefficient (Wildman–Crippen LogP) is 2.71. The molecule has 0 unspecified atom stereocenters. The standard InChI is InChI=1S/C12H11ClFN3O/c1-2-5-17-11(7-15-16-17)12(18)9-6-8(13)3-4-10(9)14/h3-4,6-7H,2,5H2,1H3. The summed E-state index contributed by atoms with van der Waals surface area (Å²) in [6.07, 6.45) is 2.14. The lowest BCUT2D eigenvalue weighted by molar-refractivity contribution is 0.102. The van der Waals surface area contributed by atoms with Crippen molar-refractivity contribution in [2.24, 2.45) is 0 Å². The Balaban J connectivity index is 2.41. The van der Waals surface area contributed by atoms with Crippen LogP contribution in [0, 0.1) is 5.82 Å². The zero-order chi connectivity index (χ0) is 13.1. The van der Waals surface area contributed by atoms with Gasteiger partial charge in [-0.15, -0.1) is 5.10 Å². The first-order chi connectivity index (χ1) is 8.63. The molecule has 94 valence electrons. The van der Waals surface area contributed by atoms with Gasteiger partial charge in [0.05, 0.1) is 11.8 Å². The Morgan fingerprint density at radius 2 is 2.28 bits per heavy atom. The average molecular weight is 268 g/mol. The quantitative estimate of drug-likeness (QED) is 0.800. The number of hydrogen-bond donors (Lipinski definition) is 0. The molecule has 1 heterocycles. The Hall–Kier alpha value is -1.75. The van der Waals surface area contributed by atoms with Crippen molar-refractivity contribution in [3.8, 4) is 0 Å². The van der Waals surface area contributed by atoms with Crippen molar-refractivity contribution in [2.75, 3.05) is 0 Å². The largest absolute Gasteiger partial charge is 0.287 e. The van der Waals surface area contributed by atoms with E-state index in [4.69, 9.17) is 11.6 Å². The first-order valence-electron chi connectivity index (χ1n) is 5.51. The van der Waals surface area contributed by atoms with Crippen LogP contribution in [0.15, 0.2) is 24.4 Å². The average Bonchev–Trinajstić information content (AvgIpc) is 2.80. The molecule has 0 radical (unpaired) electrons. The summed E-state index contributed by atoms with van der Waals surface area (Å²) in [5, 5.41) is 7.79. The predicted molar refractivity (Wildman–Crippen MR) is 65.2 cm³/mol. The zero-order valence-corrected chi connectivity index (χ0v) is 10.5. The minimum atomic E-state index is -0.603. The van der Waals surface area contributed by atoms with Crippen LogP contribution in [0.2, 0.25) is 5.02 Å². The van der Waals surface area contributed by atoms with Gasteiger partial charge in [0.25, 0.3) is 0 Å². The van der Waals surface area contributed by atoms with Crippen LogP contribution in [0.4, 0.5) is 4.39 Å². The molecule has 2 rings (SSSR count). The van der Waals surface area contributed by atoms with Gasteiger partial charge >= 0.3 is 0 Å². The van der Waals surface area contributed by atoms with Gasteiger partial charge in [-0.2, -0.15) is 0 Å². The number of benzene rings is 1. The van der Waals surface area contributed by atoms with Gasteiger partial charge in [-0.1, -0.05) is 23.7 Å². The Kier molecular flexibility index (Phi) is 3.72. The number of rotatable bonds is 4. The molecule has 0 atom stereocenters. The number of aryl methyl sites for hydroxylation is 1. The number of nitrogens with zero attached hydrogens (tertiary/aromatic N) is 3. The molecule has 0 spiro atoms. The summed E-state index contributed by atoms with van der Waals surface area (Å²) in [4.78, 5) is 12.2. The lowest BCUT2D eigenvalue weighted by atomic mass is 10.1. The van der Waals surface area contributed by atoms with Crippen LogP contribution in [-0.2, 0) is 6.54 Å². The molecule has 0 aliphatic rings. The van der Waals surface area contributed by atoms with Gasteiger partial charge in [0.1, 0.15) is 11.5 Å². The zero-order valence-electron chi connectivity index (χ0n) is 9.73. The van der Waals surface area contributed by atoms with Crippen molar-refractivity contribution in [3.05, 3.63) is 46.5 Å². The third-order valence-electron chi connectivity index (χ3n) is 2.46. The molecule has 2 aromatic rings. The van der Waals surface area contributed by atoms with Crippen LogP contribution < -0.4 is 0 Å². The molecule has 6 heteroatoms. The fourth-order valence-electron chi connectivity index (χ4n) is 1.62. The number of carbonyl (C=O) groups is 1. The smallest absolute Gasteiger partial charge is 0.215 e. The molecule has 4 nitrogen and oxygen atoms in total. The second kappa shape index (κ2) is 5.27. The molecular weight excluding hydrogens is 257 g/mol. The van der Waals surface area contributed by atoms with E-state index in [1.807, 2.05) is 6.92 Å². The summed E-state index contributed by atoms with van der Waals surface area (Å²) in [6, 6.07) is 3.88. The summed E-state index contributed by atoms with van der Waals surface area (Å²) in [5.41, 5.74) is 0.195. The van der Waals surface area contributed by atoms with Crippen LogP contribution in [0.25, 0.3) is 0 Å². The Morgan fingerprint density at radius 3 is 3.00 bits per heavy atom. The Bertz CT molecular complexity index is 582. The molecule has 18 heavy (non-hydrogen) atoms. The lowest BCUT2D eigenvalue weighted by Crippen LogP contribution is -2.12. The van der Waals surface area contributed by atoms with E-state index in [1.54, 1.807) is 0 Å². The van der Waals surface area contributed by atoms with Gasteiger partial charge in [-0.05, 0) is 24.6 Å². The molecule has 0 bridgehead atoms. The van der Waals surface area contributed by atoms with Crippen molar-refractivity contribution in [1.82, 2.24) is 15.0 Å². The van der Waals surface area contributed by atoms with E-state index < -0.39 is 11.6 Å². The minimum Gasteiger partial charge on any atom is -0.287 e. The van der Waals surface area contributed by atoms with Crippen LogP contribution in [0.1, 0.15) is 29.4 Å². The Morgan fingerprint density at radius 1 is 1.50 bits per heavy atom. The van der Waals surface area contributed by atoms with E-state index in [0.29, 0.717) is 11.6 Å². The van der Waals surface area contributed by atoms with Crippen LogP contribution in [0.5, 0.6) is 0 Å². The molecule has 0 aliphatic heterocycles. The van der Waals surface area contributed by atoms with Crippen LogP contribution in [-0.4, -0.2) is 20.8 Å². The van der Waals surface area contributed by atoms with E-state index >= 15 is 0 Å². The second-order valence-corrected chi connectivity index (χ2v) is 4.23. The van der Waals surface area contributed by atoms with E-state index in [1.165, 1.54) is 29.1 Å². The highest BCUT2D eigenvalue weighted by molar-refractivity contribution is 6.31. The van der Waals surface area contributed by atoms with Crippen LogP contribution >= 0.6 is 11.6 Å². The van der Waals surface area contributed by atoms with Gasteiger partial charge in [0.2, 0.25) is 5.78 Å². The van der Waals surface area contributed by atoms with E-state index in [0.717, 1.165) is 6.42 Å². The summed E-state index contributed by atoms with van der Waals surface area (Å²) in [6.45, 7) is 2.51. The van der Waals surface area contributed by atoms with Crippen LogP contribution in [0.3, 0.4) is 0 Å². The number of hydrogen-bond acceptors (Lipinski definition) is 3. The maximum Gasteiger partial charge on any atom is 0.215 e. The maximum absolute atomic E-state index is 13.6. The first kappa shape index (κ1) is 12.7. The highest BCUT2D eigenvalue weighted by Gasteiger charge is 2.18. The fraction of sp³-hybridized carbons (Fsp3) is 0.250. The highest BCUT2D eigenvalue weighted by atomic mass is 35.5. The molecular formula is C12H11ClFN3O. The highest BCUT2D eigenvalue weighted by Crippen LogP contribution is 2.18. The van der Waals surface area contributed by atoms with E-state index in [-0.39, 0.29) is 11.3 Å². The normalized spacial score (nSPS) is 10.6. The SMILES string of the molecule is CCCn1nncc1C(=O)c1cc(Cl)ccc1F. The third-order valence-corrected chi connectivity index (χ3v) is 2.69. The maximum atomic E-state index is 13.6. The van der Waals surface area contributed by atoms with Crippen molar-refractivity contribution in [3.63, 3.8) is 0 Å². The number of halogens is 2. The fourth-order valence-corrected chi connectivity index (χ4v) is 1.79. The monoisotopic (exact) mass is 267 g/mol. The Labute approximate surface area is 108 Å². The summed E-state index contributed by atoms with van der Waals surface area (Å²) in [7, 11) is 0. The molecule has 0 fully saturated rings. The van der Waals surface area contributed by atoms with E-state index in [2.05, 4.69) is 10.3 Å². The first-order valence-corrected chi connectivity index (χ1v) is 5.89. The third kappa shape index (κ3) is 2.41.